The van der Waals surface area contributed by atoms with Gasteiger partial charge >= 0.3 is 17.9 Å². The van der Waals surface area contributed by atoms with Crippen molar-refractivity contribution in [1.82, 2.24) is 0 Å². The van der Waals surface area contributed by atoms with Crippen LogP contribution < -0.4 is 0 Å². The molecule has 2 heterocycles. The zero-order valence-electron chi connectivity index (χ0n) is 19.5. The third kappa shape index (κ3) is 4.00. The predicted molar refractivity (Wildman–Crippen MR) is 113 cm³/mol. The number of Topliss-reactive ketones (excluding diaryl/α,β-unsaturated/α-hetero) is 1. The third-order valence-corrected chi connectivity index (χ3v) is 7.17. The van der Waals surface area contributed by atoms with Gasteiger partial charge in [0.2, 0.25) is 0 Å². The first-order valence-electron chi connectivity index (χ1n) is 11.1. The maximum absolute atomic E-state index is 12.8. The molecule has 2 fully saturated rings. The van der Waals surface area contributed by atoms with Gasteiger partial charge in [-0.3, -0.25) is 14.4 Å². The van der Waals surface area contributed by atoms with Gasteiger partial charge in [0.05, 0.1) is 12.3 Å². The number of rotatable bonds is 2. The Hall–Kier alpha value is -2.48. The van der Waals surface area contributed by atoms with Crippen LogP contribution in [0.15, 0.2) is 23.0 Å². The number of allylic oxidation sites excluding steroid dienone is 2. The molecular weight excluding hydrogens is 416 g/mol. The molecule has 0 aromatic rings. The minimum atomic E-state index is -1.89. The first kappa shape index (κ1) is 24.2. The van der Waals surface area contributed by atoms with Crippen molar-refractivity contribution in [2.24, 2.45) is 17.8 Å². The summed E-state index contributed by atoms with van der Waals surface area (Å²) in [5.74, 6) is -4.06. The molecule has 0 radical (unpaired) electrons. The number of carbonyl (C=O) groups is 4. The average Bonchev–Trinajstić information content (AvgIpc) is 3.08. The van der Waals surface area contributed by atoms with Crippen molar-refractivity contribution in [2.75, 3.05) is 0 Å². The van der Waals surface area contributed by atoms with Crippen molar-refractivity contribution in [1.29, 1.82) is 0 Å². The van der Waals surface area contributed by atoms with Gasteiger partial charge < -0.3 is 19.3 Å². The van der Waals surface area contributed by atoms with E-state index < -0.39 is 52.8 Å². The van der Waals surface area contributed by atoms with E-state index in [9.17, 15) is 24.3 Å². The van der Waals surface area contributed by atoms with Crippen LogP contribution in [0.3, 0.4) is 0 Å². The van der Waals surface area contributed by atoms with Crippen LogP contribution in [0, 0.1) is 17.8 Å². The molecule has 0 aromatic carbocycles. The molecule has 8 heteroatoms. The van der Waals surface area contributed by atoms with Crippen LogP contribution in [0.4, 0.5) is 0 Å². The number of hydrogen-bond donors (Lipinski definition) is 1. The summed E-state index contributed by atoms with van der Waals surface area (Å²) in [6.45, 7) is 10.1. The lowest BCUT2D eigenvalue weighted by Crippen LogP contribution is -2.66. The molecular formula is C24H32O8. The Morgan fingerprint density at radius 2 is 1.91 bits per heavy atom. The molecule has 2 aliphatic heterocycles. The second-order valence-corrected chi connectivity index (χ2v) is 9.71. The van der Waals surface area contributed by atoms with E-state index in [1.165, 1.54) is 6.92 Å². The van der Waals surface area contributed by atoms with Crippen molar-refractivity contribution in [3.8, 4) is 0 Å². The highest BCUT2D eigenvalue weighted by molar-refractivity contribution is 6.37. The first-order chi connectivity index (χ1) is 14.8. The van der Waals surface area contributed by atoms with Gasteiger partial charge in [-0.2, -0.15) is 0 Å². The van der Waals surface area contributed by atoms with Crippen LogP contribution in [-0.4, -0.2) is 46.1 Å². The van der Waals surface area contributed by atoms with Gasteiger partial charge in [0.1, 0.15) is 23.1 Å². The first-order valence-corrected chi connectivity index (χ1v) is 11.1. The molecule has 0 aromatic heterocycles. The summed E-state index contributed by atoms with van der Waals surface area (Å²) < 4.78 is 16.7. The molecule has 0 amide bonds. The number of hydrogen-bond acceptors (Lipinski definition) is 8. The Bertz CT molecular complexity index is 913. The van der Waals surface area contributed by atoms with E-state index in [2.05, 4.69) is 0 Å². The smallest absolute Gasteiger partial charge is 0.378 e. The van der Waals surface area contributed by atoms with Gasteiger partial charge in [-0.1, -0.05) is 19.9 Å². The minimum absolute atomic E-state index is 0.0832. The molecule has 32 heavy (non-hydrogen) atoms. The Morgan fingerprint density at radius 3 is 2.50 bits per heavy atom. The Morgan fingerprint density at radius 1 is 1.25 bits per heavy atom. The molecule has 0 bridgehead atoms. The SMILES string of the molecule is CC(=O)O[C@H]1/C(C)=C\C[C@H]2[C@](C)(CCC(C)=C3OC(=O)C[C@@H]31)OC(=O)C(=O)[C@]2(O)C(C)C. The van der Waals surface area contributed by atoms with Crippen LogP contribution in [-0.2, 0) is 33.4 Å². The van der Waals surface area contributed by atoms with Crippen LogP contribution in [0.25, 0.3) is 0 Å². The molecule has 176 valence electrons. The highest BCUT2D eigenvalue weighted by Gasteiger charge is 2.61. The summed E-state index contributed by atoms with van der Waals surface area (Å²) in [7, 11) is 0. The Balaban J connectivity index is 2.15. The topological polar surface area (TPSA) is 116 Å². The average molecular weight is 449 g/mol. The van der Waals surface area contributed by atoms with E-state index in [4.69, 9.17) is 14.2 Å². The molecule has 3 aliphatic rings. The molecule has 0 saturated carbocycles. The van der Waals surface area contributed by atoms with Crippen LogP contribution in [0.5, 0.6) is 0 Å². The fourth-order valence-electron chi connectivity index (χ4n) is 5.25. The van der Waals surface area contributed by atoms with E-state index >= 15 is 0 Å². The summed E-state index contributed by atoms with van der Waals surface area (Å²) in [4.78, 5) is 49.2. The molecule has 0 unspecified atom stereocenters. The van der Waals surface area contributed by atoms with E-state index in [1.807, 2.05) is 6.92 Å². The maximum atomic E-state index is 12.8. The van der Waals surface area contributed by atoms with Crippen molar-refractivity contribution < 1.29 is 38.5 Å². The second-order valence-electron chi connectivity index (χ2n) is 9.71. The fourth-order valence-corrected chi connectivity index (χ4v) is 5.25. The van der Waals surface area contributed by atoms with Gasteiger partial charge in [0.15, 0.2) is 0 Å². The molecule has 8 nitrogen and oxygen atoms in total. The minimum Gasteiger partial charge on any atom is -0.457 e. The number of fused-ring (bicyclic) bond motifs is 2. The van der Waals surface area contributed by atoms with E-state index in [-0.39, 0.29) is 18.8 Å². The van der Waals surface area contributed by atoms with Gasteiger partial charge in [-0.05, 0) is 57.1 Å². The number of ketones is 1. The molecule has 0 spiro atoms. The molecule has 2 saturated heterocycles. The van der Waals surface area contributed by atoms with Gasteiger partial charge in [0.25, 0.3) is 5.78 Å². The summed E-state index contributed by atoms with van der Waals surface area (Å²) in [6, 6.07) is 0. The third-order valence-electron chi connectivity index (χ3n) is 7.17. The van der Waals surface area contributed by atoms with E-state index in [0.29, 0.717) is 24.2 Å². The standard InChI is InChI=1S/C24H32O8/c1-12(2)24(29)17-8-7-13(3)19(30-15(5)25)16-11-18(26)31-20(16)14(4)9-10-23(17,6)32-22(28)21(24)27/h7,12,16-17,19,29H,8-11H2,1-6H3/b13-7-,20-14?/t16-,17+,19+,23+,24+/m1/s1. The second kappa shape index (κ2) is 8.46. The van der Waals surface area contributed by atoms with Gasteiger partial charge in [-0.25, -0.2) is 4.79 Å². The quantitative estimate of drug-likeness (QED) is 0.297. The number of esters is 3. The lowest BCUT2D eigenvalue weighted by atomic mass is 9.63. The number of carbonyl (C=O) groups excluding carboxylic acids is 4. The highest BCUT2D eigenvalue weighted by atomic mass is 16.6. The highest BCUT2D eigenvalue weighted by Crippen LogP contribution is 2.47. The summed E-state index contributed by atoms with van der Waals surface area (Å²) in [5, 5.41) is 11.5. The summed E-state index contributed by atoms with van der Waals surface area (Å²) >= 11 is 0. The molecule has 1 aliphatic carbocycles. The monoisotopic (exact) mass is 448 g/mol. The molecule has 3 rings (SSSR count). The van der Waals surface area contributed by atoms with Gasteiger partial charge in [-0.15, -0.1) is 0 Å². The number of aliphatic hydroxyl groups is 1. The largest absolute Gasteiger partial charge is 0.457 e. The van der Waals surface area contributed by atoms with Crippen molar-refractivity contribution in [3.05, 3.63) is 23.0 Å². The molecule has 5 atom stereocenters. The van der Waals surface area contributed by atoms with Crippen molar-refractivity contribution in [3.63, 3.8) is 0 Å². The van der Waals surface area contributed by atoms with E-state index in [0.717, 1.165) is 5.57 Å². The van der Waals surface area contributed by atoms with Crippen molar-refractivity contribution in [2.45, 2.75) is 84.5 Å². The summed E-state index contributed by atoms with van der Waals surface area (Å²) in [5.41, 5.74) is -1.57. The number of ether oxygens (including phenoxy) is 3. The lowest BCUT2D eigenvalue weighted by molar-refractivity contribution is -0.214. The van der Waals surface area contributed by atoms with Crippen LogP contribution in [0.2, 0.25) is 0 Å². The lowest BCUT2D eigenvalue weighted by Gasteiger charge is -2.50. The van der Waals surface area contributed by atoms with Gasteiger partial charge in [0, 0.05) is 12.8 Å². The van der Waals surface area contributed by atoms with Crippen molar-refractivity contribution >= 4 is 23.7 Å². The Labute approximate surface area is 188 Å². The zero-order chi connectivity index (χ0) is 24.0. The Kier molecular flexibility index (Phi) is 6.39. The van der Waals surface area contributed by atoms with Crippen LogP contribution in [0.1, 0.15) is 67.2 Å². The van der Waals surface area contributed by atoms with E-state index in [1.54, 1.807) is 33.8 Å². The fraction of sp³-hybridized carbons (Fsp3) is 0.667. The van der Waals surface area contributed by atoms with Crippen LogP contribution >= 0.6 is 0 Å². The normalized spacial score (nSPS) is 37.6. The maximum Gasteiger partial charge on any atom is 0.378 e. The molecule has 1 N–H and O–H groups in total. The zero-order valence-corrected chi connectivity index (χ0v) is 19.5. The summed E-state index contributed by atoms with van der Waals surface area (Å²) in [6.07, 6.45) is 2.13. The predicted octanol–water partition coefficient (Wildman–Crippen LogP) is 2.77.